The van der Waals surface area contributed by atoms with Crippen molar-refractivity contribution in [1.82, 2.24) is 0 Å². The first-order chi connectivity index (χ1) is 16.4. The molecule has 0 atom stereocenters. The van der Waals surface area contributed by atoms with Crippen LogP contribution in [0.4, 0.5) is 0 Å². The summed E-state index contributed by atoms with van der Waals surface area (Å²) in [6.07, 6.45) is 20.9. The Balaban J connectivity index is 3.55. The molecule has 0 aromatic heterocycles. The van der Waals surface area contributed by atoms with Gasteiger partial charge in [-0.25, -0.2) is 0 Å². The van der Waals surface area contributed by atoms with E-state index in [0.717, 1.165) is 64.2 Å². The van der Waals surface area contributed by atoms with Gasteiger partial charge >= 0.3 is 11.9 Å². The molecule has 0 aliphatic rings. The molecule has 0 spiro atoms. The third kappa shape index (κ3) is 14.4. The molecule has 4 heteroatoms. The van der Waals surface area contributed by atoms with Crippen molar-refractivity contribution in [3.63, 3.8) is 0 Å². The fourth-order valence-corrected chi connectivity index (χ4v) is 4.82. The minimum Gasteiger partial charge on any atom is -0.459 e. The van der Waals surface area contributed by atoms with E-state index in [2.05, 4.69) is 41.5 Å². The summed E-state index contributed by atoms with van der Waals surface area (Å²) in [6, 6.07) is 0. The van der Waals surface area contributed by atoms with E-state index in [9.17, 15) is 9.59 Å². The van der Waals surface area contributed by atoms with E-state index >= 15 is 0 Å². The maximum Gasteiger partial charge on any atom is 0.306 e. The molecule has 0 radical (unpaired) electrons. The van der Waals surface area contributed by atoms with Crippen LogP contribution >= 0.6 is 0 Å². The van der Waals surface area contributed by atoms with Crippen LogP contribution in [0.25, 0.3) is 0 Å². The number of unbranched alkanes of at least 4 members (excludes halogenated alkanes) is 11. The van der Waals surface area contributed by atoms with Gasteiger partial charge < -0.3 is 9.47 Å². The number of hydrogen-bond acceptors (Lipinski definition) is 4. The highest BCUT2D eigenvalue weighted by molar-refractivity contribution is 5.70. The molecule has 0 amide bonds. The Bertz CT molecular complexity index is 443. The highest BCUT2D eigenvalue weighted by Crippen LogP contribution is 2.26. The Kier molecular flexibility index (Phi) is 19.5. The Hall–Kier alpha value is -1.06. The van der Waals surface area contributed by atoms with Gasteiger partial charge in [-0.2, -0.15) is 0 Å². The second kappa shape index (κ2) is 20.2. The molecule has 0 fully saturated rings. The van der Waals surface area contributed by atoms with Gasteiger partial charge in [-0.15, -0.1) is 0 Å². The first kappa shape index (κ1) is 32.9. The Morgan fingerprint density at radius 3 is 0.824 bits per heavy atom. The van der Waals surface area contributed by atoms with E-state index in [1.54, 1.807) is 0 Å². The molecule has 0 aromatic rings. The van der Waals surface area contributed by atoms with Crippen LogP contribution in [0.3, 0.4) is 0 Å². The number of hydrogen-bond donors (Lipinski definition) is 0. The zero-order valence-electron chi connectivity index (χ0n) is 23.8. The lowest BCUT2D eigenvalue weighted by atomic mass is 9.94. The molecule has 0 rings (SSSR count). The van der Waals surface area contributed by atoms with Gasteiger partial charge in [0.15, 0.2) is 0 Å². The molecule has 0 N–H and O–H groups in total. The highest BCUT2D eigenvalue weighted by Gasteiger charge is 2.28. The van der Waals surface area contributed by atoms with E-state index in [1.807, 2.05) is 0 Å². The van der Waals surface area contributed by atoms with Crippen LogP contribution in [0, 0.1) is 0 Å². The standard InChI is InChI=1S/C30H58O4/c1-7-29(8-2,9-3)33-27(31)25-23-21-19-17-15-13-14-16-18-20-22-24-26-28(32)34-30(10-4,11-5)12-6/h7-26H2,1-6H3. The number of ether oxygens (including phenoxy) is 2. The van der Waals surface area contributed by atoms with Crippen LogP contribution in [-0.4, -0.2) is 23.1 Å². The molecule has 0 saturated carbocycles. The summed E-state index contributed by atoms with van der Waals surface area (Å²) in [6.45, 7) is 12.6. The Labute approximate surface area is 212 Å². The van der Waals surface area contributed by atoms with Crippen LogP contribution in [0.2, 0.25) is 0 Å². The molecular weight excluding hydrogens is 424 g/mol. The maximum atomic E-state index is 12.1. The summed E-state index contributed by atoms with van der Waals surface area (Å²) < 4.78 is 11.6. The lowest BCUT2D eigenvalue weighted by Gasteiger charge is -2.30. The fourth-order valence-electron chi connectivity index (χ4n) is 4.82. The quantitative estimate of drug-likeness (QED) is 0.107. The summed E-state index contributed by atoms with van der Waals surface area (Å²) in [5, 5.41) is 0. The molecule has 0 saturated heterocycles. The molecular formula is C30H58O4. The second-order valence-corrected chi connectivity index (χ2v) is 10.2. The molecule has 202 valence electrons. The third-order valence-electron chi connectivity index (χ3n) is 8.04. The molecule has 0 aliphatic carbocycles. The van der Waals surface area contributed by atoms with Gasteiger partial charge in [-0.3, -0.25) is 9.59 Å². The van der Waals surface area contributed by atoms with Gasteiger partial charge in [0.25, 0.3) is 0 Å². The van der Waals surface area contributed by atoms with E-state index in [0.29, 0.717) is 12.8 Å². The van der Waals surface area contributed by atoms with Crippen molar-refractivity contribution in [2.75, 3.05) is 0 Å². The Morgan fingerprint density at radius 2 is 0.618 bits per heavy atom. The van der Waals surface area contributed by atoms with E-state index in [1.165, 1.54) is 51.4 Å². The van der Waals surface area contributed by atoms with Crippen molar-refractivity contribution in [2.24, 2.45) is 0 Å². The topological polar surface area (TPSA) is 52.6 Å². The smallest absolute Gasteiger partial charge is 0.306 e. The minimum absolute atomic E-state index is 0.0153. The number of carbonyl (C=O) groups excluding carboxylic acids is 2. The van der Waals surface area contributed by atoms with E-state index in [-0.39, 0.29) is 23.1 Å². The van der Waals surface area contributed by atoms with Crippen molar-refractivity contribution in [3.05, 3.63) is 0 Å². The third-order valence-corrected chi connectivity index (χ3v) is 8.04. The average Bonchev–Trinajstić information content (AvgIpc) is 2.86. The molecule has 0 unspecified atom stereocenters. The predicted octanol–water partition coefficient (Wildman–Crippen LogP) is 9.47. The molecule has 34 heavy (non-hydrogen) atoms. The number of carbonyl (C=O) groups is 2. The van der Waals surface area contributed by atoms with Crippen molar-refractivity contribution in [3.8, 4) is 0 Å². The average molecular weight is 483 g/mol. The molecule has 0 aliphatic heterocycles. The van der Waals surface area contributed by atoms with Crippen molar-refractivity contribution in [2.45, 2.75) is 181 Å². The second-order valence-electron chi connectivity index (χ2n) is 10.2. The van der Waals surface area contributed by atoms with Crippen LogP contribution in [-0.2, 0) is 19.1 Å². The predicted molar refractivity (Wildman–Crippen MR) is 144 cm³/mol. The van der Waals surface area contributed by atoms with Crippen LogP contribution in [0.5, 0.6) is 0 Å². The van der Waals surface area contributed by atoms with Gasteiger partial charge in [0.2, 0.25) is 0 Å². The summed E-state index contributed by atoms with van der Waals surface area (Å²) >= 11 is 0. The summed E-state index contributed by atoms with van der Waals surface area (Å²) in [7, 11) is 0. The summed E-state index contributed by atoms with van der Waals surface area (Å²) in [5.74, 6) is -0.0307. The first-order valence-electron chi connectivity index (χ1n) is 14.8. The van der Waals surface area contributed by atoms with Gasteiger partial charge in [0.05, 0.1) is 0 Å². The zero-order chi connectivity index (χ0) is 25.7. The van der Waals surface area contributed by atoms with Crippen LogP contribution in [0.15, 0.2) is 0 Å². The molecule has 0 bridgehead atoms. The maximum absolute atomic E-state index is 12.1. The monoisotopic (exact) mass is 482 g/mol. The van der Waals surface area contributed by atoms with Gasteiger partial charge in [0.1, 0.15) is 11.2 Å². The van der Waals surface area contributed by atoms with E-state index in [4.69, 9.17) is 9.47 Å². The van der Waals surface area contributed by atoms with Crippen molar-refractivity contribution < 1.29 is 19.1 Å². The fraction of sp³-hybridized carbons (Fsp3) is 0.933. The summed E-state index contributed by atoms with van der Waals surface area (Å²) in [5.41, 5.74) is -0.484. The molecule has 4 nitrogen and oxygen atoms in total. The van der Waals surface area contributed by atoms with Gasteiger partial charge in [0, 0.05) is 12.8 Å². The van der Waals surface area contributed by atoms with Crippen LogP contribution in [0.1, 0.15) is 170 Å². The zero-order valence-corrected chi connectivity index (χ0v) is 23.8. The largest absolute Gasteiger partial charge is 0.459 e. The number of esters is 2. The number of rotatable bonds is 23. The lowest BCUT2D eigenvalue weighted by Crippen LogP contribution is -2.33. The first-order valence-corrected chi connectivity index (χ1v) is 14.8. The van der Waals surface area contributed by atoms with E-state index < -0.39 is 0 Å². The SMILES string of the molecule is CCC(CC)(CC)OC(=O)CCCCCCCCCCCCCCC(=O)OC(CC)(CC)CC. The van der Waals surface area contributed by atoms with Crippen LogP contribution < -0.4 is 0 Å². The molecule has 0 aromatic carbocycles. The highest BCUT2D eigenvalue weighted by atomic mass is 16.6. The van der Waals surface area contributed by atoms with Gasteiger partial charge in [-0.1, -0.05) is 106 Å². The normalized spacial score (nSPS) is 12.1. The summed E-state index contributed by atoms with van der Waals surface area (Å²) in [4.78, 5) is 24.2. The van der Waals surface area contributed by atoms with Gasteiger partial charge in [-0.05, 0) is 51.4 Å². The van der Waals surface area contributed by atoms with Crippen molar-refractivity contribution >= 4 is 11.9 Å². The molecule has 0 heterocycles. The van der Waals surface area contributed by atoms with Crippen molar-refractivity contribution in [1.29, 1.82) is 0 Å². The lowest BCUT2D eigenvalue weighted by molar-refractivity contribution is -0.162. The minimum atomic E-state index is -0.242. The Morgan fingerprint density at radius 1 is 0.412 bits per heavy atom.